The van der Waals surface area contributed by atoms with E-state index in [-0.39, 0.29) is 11.3 Å². The Morgan fingerprint density at radius 3 is 2.63 bits per heavy atom. The van der Waals surface area contributed by atoms with Gasteiger partial charge >= 0.3 is 0 Å². The molecule has 0 saturated carbocycles. The molecule has 1 saturated heterocycles. The highest BCUT2D eigenvalue weighted by atomic mass is 16.3. The van der Waals surface area contributed by atoms with Crippen molar-refractivity contribution < 1.29 is 5.11 Å². The number of hydrogen-bond acceptors (Lipinski definition) is 9. The van der Waals surface area contributed by atoms with Gasteiger partial charge in [0.1, 0.15) is 23.2 Å². The van der Waals surface area contributed by atoms with Crippen LogP contribution in [0, 0.1) is 18.3 Å². The van der Waals surface area contributed by atoms with E-state index in [1.807, 2.05) is 23.7 Å². The van der Waals surface area contributed by atoms with E-state index in [9.17, 15) is 10.4 Å². The fraction of sp³-hybridized carbons (Fsp3) is 0.360. The van der Waals surface area contributed by atoms with E-state index in [1.165, 1.54) is 0 Å². The van der Waals surface area contributed by atoms with Crippen molar-refractivity contribution in [2.24, 2.45) is 0 Å². The first-order valence-electron chi connectivity index (χ1n) is 11.5. The molecule has 10 nitrogen and oxygen atoms in total. The SMILES string of the molecule is Cc1cn2cc(-c3cnc(-c4cnc(N5CC[C@@H](NC(C)(C)C)C5)nn4)c(O)c3)cc(C#N)c2n1. The van der Waals surface area contributed by atoms with Crippen LogP contribution in [0.15, 0.2) is 36.9 Å². The Kier molecular flexibility index (Phi) is 5.57. The summed E-state index contributed by atoms with van der Waals surface area (Å²) < 4.78 is 1.81. The monoisotopic (exact) mass is 469 g/mol. The maximum Gasteiger partial charge on any atom is 0.245 e. The van der Waals surface area contributed by atoms with Gasteiger partial charge in [-0.25, -0.2) is 15.0 Å². The first-order valence-corrected chi connectivity index (χ1v) is 11.5. The van der Waals surface area contributed by atoms with Gasteiger partial charge in [-0.05, 0) is 46.2 Å². The number of rotatable bonds is 4. The van der Waals surface area contributed by atoms with Crippen LogP contribution in [0.3, 0.4) is 0 Å². The summed E-state index contributed by atoms with van der Waals surface area (Å²) in [4.78, 5) is 15.4. The maximum atomic E-state index is 10.7. The summed E-state index contributed by atoms with van der Waals surface area (Å²) in [5, 5.41) is 32.4. The average Bonchev–Trinajstić information content (AvgIpc) is 3.42. The van der Waals surface area contributed by atoms with Crippen LogP contribution in [0.4, 0.5) is 5.95 Å². The normalized spacial score (nSPS) is 16.1. The van der Waals surface area contributed by atoms with Crippen molar-refractivity contribution in [3.05, 3.63) is 48.2 Å². The molecule has 5 heterocycles. The quantitative estimate of drug-likeness (QED) is 0.463. The van der Waals surface area contributed by atoms with Gasteiger partial charge in [-0.2, -0.15) is 5.26 Å². The predicted molar refractivity (Wildman–Crippen MR) is 132 cm³/mol. The summed E-state index contributed by atoms with van der Waals surface area (Å²) in [5.41, 5.74) is 4.02. The third kappa shape index (κ3) is 4.63. The third-order valence-corrected chi connectivity index (χ3v) is 5.89. The molecule has 4 aromatic heterocycles. The molecule has 0 aliphatic carbocycles. The van der Waals surface area contributed by atoms with Gasteiger partial charge in [0.2, 0.25) is 5.95 Å². The van der Waals surface area contributed by atoms with Crippen LogP contribution in [0.2, 0.25) is 0 Å². The van der Waals surface area contributed by atoms with Crippen molar-refractivity contribution in [3.63, 3.8) is 0 Å². The minimum absolute atomic E-state index is 0.0395. The fourth-order valence-corrected chi connectivity index (χ4v) is 4.46. The molecular formula is C25H27N9O. The van der Waals surface area contributed by atoms with Gasteiger partial charge in [0, 0.05) is 54.4 Å². The molecule has 1 aliphatic heterocycles. The molecule has 0 radical (unpaired) electrons. The molecule has 10 heteroatoms. The van der Waals surface area contributed by atoms with Gasteiger partial charge in [-0.3, -0.25) is 0 Å². The third-order valence-electron chi connectivity index (χ3n) is 5.89. The standard InChI is InChI=1S/C25H27N9O/c1-15-12-34-13-18(7-16(9-26)23(34)29-15)17-8-21(35)22(27-10-17)20-11-28-24(32-31-20)33-6-5-19(14-33)30-25(2,3)4/h7-8,10-13,19,30,35H,5-6,14H2,1-4H3/t19-/m1/s1. The molecule has 0 spiro atoms. The van der Waals surface area contributed by atoms with E-state index in [2.05, 4.69) is 62.2 Å². The summed E-state index contributed by atoms with van der Waals surface area (Å²) in [6, 6.07) is 5.91. The smallest absolute Gasteiger partial charge is 0.245 e. The van der Waals surface area contributed by atoms with E-state index in [4.69, 9.17) is 0 Å². The van der Waals surface area contributed by atoms with Crippen molar-refractivity contribution in [1.29, 1.82) is 5.26 Å². The molecule has 2 N–H and O–H groups in total. The molecule has 0 aromatic carbocycles. The number of nitrogens with one attached hydrogen (secondary N) is 1. The average molecular weight is 470 g/mol. The van der Waals surface area contributed by atoms with Crippen molar-refractivity contribution >= 4 is 11.6 Å². The Morgan fingerprint density at radius 2 is 1.94 bits per heavy atom. The molecular weight excluding hydrogens is 442 g/mol. The minimum atomic E-state index is -0.0395. The summed E-state index contributed by atoms with van der Waals surface area (Å²) in [6.45, 7) is 10.0. The number of aromatic nitrogens is 6. The summed E-state index contributed by atoms with van der Waals surface area (Å²) in [5.74, 6) is 0.526. The number of imidazole rings is 1. The lowest BCUT2D eigenvalue weighted by Crippen LogP contribution is -2.45. The number of anilines is 1. The molecule has 4 aromatic rings. The Labute approximate surface area is 203 Å². The molecule has 1 fully saturated rings. The van der Waals surface area contributed by atoms with Gasteiger partial charge in [0.05, 0.1) is 17.5 Å². The molecule has 35 heavy (non-hydrogen) atoms. The zero-order chi connectivity index (χ0) is 24.7. The predicted octanol–water partition coefficient (Wildman–Crippen LogP) is 3.10. The van der Waals surface area contributed by atoms with Gasteiger partial charge in [0.15, 0.2) is 5.65 Å². The van der Waals surface area contributed by atoms with Gasteiger partial charge < -0.3 is 19.7 Å². The lowest BCUT2D eigenvalue weighted by Gasteiger charge is -2.25. The number of fused-ring (bicyclic) bond motifs is 1. The molecule has 1 aliphatic rings. The van der Waals surface area contributed by atoms with Crippen LogP contribution in [0.25, 0.3) is 28.2 Å². The molecule has 5 rings (SSSR count). The number of nitriles is 1. The molecule has 1 atom stereocenters. The Balaban J connectivity index is 1.37. The van der Waals surface area contributed by atoms with Gasteiger partial charge in [-0.1, -0.05) is 0 Å². The Morgan fingerprint density at radius 1 is 1.11 bits per heavy atom. The topological polar surface area (TPSA) is 128 Å². The van der Waals surface area contributed by atoms with Crippen LogP contribution in [0.5, 0.6) is 5.75 Å². The minimum Gasteiger partial charge on any atom is -0.506 e. The van der Waals surface area contributed by atoms with Crippen molar-refractivity contribution in [3.8, 4) is 34.3 Å². The first kappa shape index (κ1) is 22.7. The summed E-state index contributed by atoms with van der Waals surface area (Å²) >= 11 is 0. The molecule has 0 amide bonds. The molecule has 178 valence electrons. The highest BCUT2D eigenvalue weighted by molar-refractivity contribution is 5.73. The lowest BCUT2D eigenvalue weighted by atomic mass is 10.1. The highest BCUT2D eigenvalue weighted by Gasteiger charge is 2.27. The van der Waals surface area contributed by atoms with Crippen LogP contribution < -0.4 is 10.2 Å². The van der Waals surface area contributed by atoms with Gasteiger partial charge in [0.25, 0.3) is 0 Å². The number of aromatic hydroxyl groups is 1. The first-order chi connectivity index (χ1) is 16.7. The largest absolute Gasteiger partial charge is 0.506 e. The second-order valence-electron chi connectivity index (χ2n) is 9.93. The van der Waals surface area contributed by atoms with Gasteiger partial charge in [-0.15, -0.1) is 10.2 Å². The van der Waals surface area contributed by atoms with E-state index < -0.39 is 0 Å². The van der Waals surface area contributed by atoms with Crippen molar-refractivity contribution in [2.45, 2.75) is 45.7 Å². The molecule has 0 unspecified atom stereocenters. The number of hydrogen-bond donors (Lipinski definition) is 2. The molecule has 0 bridgehead atoms. The second kappa shape index (κ2) is 8.60. The van der Waals surface area contributed by atoms with E-state index in [0.717, 1.165) is 30.8 Å². The zero-order valence-electron chi connectivity index (χ0n) is 20.2. The van der Waals surface area contributed by atoms with Crippen LogP contribution in [0.1, 0.15) is 38.4 Å². The highest BCUT2D eigenvalue weighted by Crippen LogP contribution is 2.31. The zero-order valence-corrected chi connectivity index (χ0v) is 20.2. The fourth-order valence-electron chi connectivity index (χ4n) is 4.46. The maximum absolute atomic E-state index is 10.7. The summed E-state index contributed by atoms with van der Waals surface area (Å²) in [7, 11) is 0. The number of pyridine rings is 2. The Hall–Kier alpha value is -4.10. The van der Waals surface area contributed by atoms with Crippen LogP contribution in [-0.2, 0) is 0 Å². The van der Waals surface area contributed by atoms with Crippen molar-refractivity contribution in [2.75, 3.05) is 18.0 Å². The summed E-state index contributed by atoms with van der Waals surface area (Å²) in [6.07, 6.45) is 7.96. The van der Waals surface area contributed by atoms with E-state index >= 15 is 0 Å². The van der Waals surface area contributed by atoms with Crippen LogP contribution >= 0.6 is 0 Å². The van der Waals surface area contributed by atoms with E-state index in [0.29, 0.717) is 40.2 Å². The lowest BCUT2D eigenvalue weighted by molar-refractivity contribution is 0.373. The van der Waals surface area contributed by atoms with E-state index in [1.54, 1.807) is 24.5 Å². The van der Waals surface area contributed by atoms with Crippen molar-refractivity contribution in [1.82, 2.24) is 34.9 Å². The Bertz CT molecular complexity index is 1430. The number of nitrogens with zero attached hydrogens (tertiary/aromatic N) is 8. The number of aryl methyl sites for hydroxylation is 1. The second-order valence-corrected chi connectivity index (χ2v) is 9.93. The van der Waals surface area contributed by atoms with Crippen LogP contribution in [-0.4, -0.2) is 59.3 Å².